The SMILES string of the molecule is COCC(C)CNc1ncnc(OC)c1[N+](=O)[O-]. The van der Waals surface area contributed by atoms with E-state index in [9.17, 15) is 10.1 Å². The van der Waals surface area contributed by atoms with Crippen molar-refractivity contribution in [2.45, 2.75) is 6.92 Å². The number of methoxy groups -OCH3 is 2. The van der Waals surface area contributed by atoms with Crippen molar-refractivity contribution in [2.75, 3.05) is 32.7 Å². The molecule has 1 heterocycles. The lowest BCUT2D eigenvalue weighted by Gasteiger charge is -2.12. The number of hydrogen-bond acceptors (Lipinski definition) is 7. The Morgan fingerprint density at radius 3 is 2.78 bits per heavy atom. The first-order valence-electron chi connectivity index (χ1n) is 5.36. The van der Waals surface area contributed by atoms with Crippen LogP contribution in [0.2, 0.25) is 0 Å². The number of nitro groups is 1. The predicted octanol–water partition coefficient (Wildman–Crippen LogP) is 1.09. The summed E-state index contributed by atoms with van der Waals surface area (Å²) < 4.78 is 9.83. The van der Waals surface area contributed by atoms with E-state index in [4.69, 9.17) is 9.47 Å². The number of aromatic nitrogens is 2. The molecule has 0 aliphatic carbocycles. The van der Waals surface area contributed by atoms with E-state index in [2.05, 4.69) is 15.3 Å². The van der Waals surface area contributed by atoms with Crippen molar-refractivity contribution < 1.29 is 14.4 Å². The van der Waals surface area contributed by atoms with Gasteiger partial charge < -0.3 is 14.8 Å². The molecule has 0 aliphatic rings. The molecular weight excluding hydrogens is 240 g/mol. The third-order valence-corrected chi connectivity index (χ3v) is 2.23. The van der Waals surface area contributed by atoms with Gasteiger partial charge in [-0.2, -0.15) is 4.98 Å². The highest BCUT2D eigenvalue weighted by Gasteiger charge is 2.23. The summed E-state index contributed by atoms with van der Waals surface area (Å²) in [6, 6.07) is 0. The molecule has 1 aromatic heterocycles. The molecule has 0 fully saturated rings. The second-order valence-electron chi connectivity index (χ2n) is 3.78. The van der Waals surface area contributed by atoms with E-state index in [1.54, 1.807) is 7.11 Å². The Morgan fingerprint density at radius 2 is 2.22 bits per heavy atom. The van der Waals surface area contributed by atoms with Crippen molar-refractivity contribution in [1.82, 2.24) is 9.97 Å². The summed E-state index contributed by atoms with van der Waals surface area (Å²) in [6.45, 7) is 3.03. The van der Waals surface area contributed by atoms with Gasteiger partial charge in [-0.25, -0.2) is 4.98 Å². The number of nitrogens with one attached hydrogen (secondary N) is 1. The summed E-state index contributed by atoms with van der Waals surface area (Å²) in [5.41, 5.74) is -0.260. The zero-order valence-corrected chi connectivity index (χ0v) is 10.5. The minimum Gasteiger partial charge on any atom is -0.476 e. The van der Waals surface area contributed by atoms with Crippen LogP contribution in [0, 0.1) is 16.0 Å². The summed E-state index contributed by atoms with van der Waals surface area (Å²) in [6.07, 6.45) is 1.22. The number of ether oxygens (including phenoxy) is 2. The first-order valence-corrected chi connectivity index (χ1v) is 5.36. The molecule has 8 nitrogen and oxygen atoms in total. The van der Waals surface area contributed by atoms with E-state index in [0.717, 1.165) is 0 Å². The molecule has 1 atom stereocenters. The van der Waals surface area contributed by atoms with E-state index in [1.165, 1.54) is 13.4 Å². The number of anilines is 1. The molecule has 1 unspecified atom stereocenters. The van der Waals surface area contributed by atoms with Gasteiger partial charge >= 0.3 is 5.69 Å². The van der Waals surface area contributed by atoms with E-state index in [0.29, 0.717) is 13.2 Å². The van der Waals surface area contributed by atoms with E-state index < -0.39 is 4.92 Å². The molecule has 1 rings (SSSR count). The van der Waals surface area contributed by atoms with Crippen LogP contribution >= 0.6 is 0 Å². The average molecular weight is 256 g/mol. The summed E-state index contributed by atoms with van der Waals surface area (Å²) in [5, 5.41) is 13.9. The monoisotopic (exact) mass is 256 g/mol. The maximum atomic E-state index is 11.0. The molecule has 8 heteroatoms. The van der Waals surface area contributed by atoms with E-state index in [1.807, 2.05) is 6.92 Å². The van der Waals surface area contributed by atoms with Gasteiger partial charge in [-0.3, -0.25) is 10.1 Å². The minimum atomic E-state index is -0.567. The molecule has 1 aromatic rings. The van der Waals surface area contributed by atoms with Gasteiger partial charge in [0, 0.05) is 13.7 Å². The van der Waals surface area contributed by atoms with E-state index in [-0.39, 0.29) is 23.3 Å². The van der Waals surface area contributed by atoms with Crippen LogP contribution < -0.4 is 10.1 Å². The first-order chi connectivity index (χ1) is 8.60. The number of hydrogen-bond donors (Lipinski definition) is 1. The summed E-state index contributed by atoms with van der Waals surface area (Å²) in [5.74, 6) is 0.294. The Balaban J connectivity index is 2.85. The molecule has 0 aromatic carbocycles. The highest BCUT2D eigenvalue weighted by Crippen LogP contribution is 2.30. The van der Waals surface area contributed by atoms with Crippen LogP contribution in [-0.4, -0.2) is 42.3 Å². The molecule has 18 heavy (non-hydrogen) atoms. The third kappa shape index (κ3) is 3.52. The van der Waals surface area contributed by atoms with Crippen molar-refractivity contribution in [1.29, 1.82) is 0 Å². The van der Waals surface area contributed by atoms with Crippen molar-refractivity contribution >= 4 is 11.5 Å². The smallest absolute Gasteiger partial charge is 0.372 e. The quantitative estimate of drug-likeness (QED) is 0.575. The van der Waals surface area contributed by atoms with Crippen LogP contribution in [0.1, 0.15) is 6.92 Å². The maximum Gasteiger partial charge on any atom is 0.372 e. The fourth-order valence-corrected chi connectivity index (χ4v) is 1.42. The van der Waals surface area contributed by atoms with Gasteiger partial charge in [0.25, 0.3) is 5.88 Å². The molecule has 0 aliphatic heterocycles. The van der Waals surface area contributed by atoms with Crippen molar-refractivity contribution in [3.05, 3.63) is 16.4 Å². The second kappa shape index (κ2) is 6.70. The highest BCUT2D eigenvalue weighted by molar-refractivity contribution is 5.61. The van der Waals surface area contributed by atoms with E-state index >= 15 is 0 Å². The van der Waals surface area contributed by atoms with Gasteiger partial charge in [-0.1, -0.05) is 6.92 Å². The number of nitrogens with zero attached hydrogens (tertiary/aromatic N) is 3. The normalized spacial score (nSPS) is 11.9. The Kier molecular flexibility index (Phi) is 5.25. The first kappa shape index (κ1) is 14.1. The zero-order valence-electron chi connectivity index (χ0n) is 10.5. The van der Waals surface area contributed by atoms with Crippen LogP contribution in [-0.2, 0) is 4.74 Å². The summed E-state index contributed by atoms with van der Waals surface area (Å²) in [7, 11) is 2.93. The molecule has 0 amide bonds. The molecule has 0 bridgehead atoms. The lowest BCUT2D eigenvalue weighted by molar-refractivity contribution is -0.385. The predicted molar refractivity (Wildman–Crippen MR) is 64.8 cm³/mol. The Labute approximate surface area is 104 Å². The minimum absolute atomic E-state index is 0.0584. The fraction of sp³-hybridized carbons (Fsp3) is 0.600. The Morgan fingerprint density at radius 1 is 1.50 bits per heavy atom. The molecule has 0 saturated heterocycles. The molecular formula is C10H16N4O4. The highest BCUT2D eigenvalue weighted by atomic mass is 16.6. The topological polar surface area (TPSA) is 99.4 Å². The molecule has 0 spiro atoms. The van der Waals surface area contributed by atoms with Gasteiger partial charge in [0.1, 0.15) is 6.33 Å². The van der Waals surface area contributed by atoms with Crippen LogP contribution in [0.25, 0.3) is 0 Å². The zero-order chi connectivity index (χ0) is 13.5. The second-order valence-corrected chi connectivity index (χ2v) is 3.78. The molecule has 0 radical (unpaired) electrons. The third-order valence-electron chi connectivity index (χ3n) is 2.23. The van der Waals surface area contributed by atoms with Gasteiger partial charge in [0.15, 0.2) is 0 Å². The fourth-order valence-electron chi connectivity index (χ4n) is 1.42. The van der Waals surface area contributed by atoms with Gasteiger partial charge in [-0.05, 0) is 5.92 Å². The number of rotatable bonds is 7. The molecule has 100 valence electrons. The summed E-state index contributed by atoms with van der Waals surface area (Å²) in [4.78, 5) is 17.9. The van der Waals surface area contributed by atoms with Crippen LogP contribution in [0.3, 0.4) is 0 Å². The van der Waals surface area contributed by atoms with Gasteiger partial charge in [0.05, 0.1) is 18.6 Å². The average Bonchev–Trinajstić information content (AvgIpc) is 2.35. The lowest BCUT2D eigenvalue weighted by Crippen LogP contribution is -2.17. The van der Waals surface area contributed by atoms with Crippen LogP contribution in [0.4, 0.5) is 11.5 Å². The van der Waals surface area contributed by atoms with Crippen molar-refractivity contribution in [3.8, 4) is 5.88 Å². The molecule has 1 N–H and O–H groups in total. The maximum absolute atomic E-state index is 11.0. The van der Waals surface area contributed by atoms with Gasteiger partial charge in [0.2, 0.25) is 5.82 Å². The van der Waals surface area contributed by atoms with Gasteiger partial charge in [-0.15, -0.1) is 0 Å². The summed E-state index contributed by atoms with van der Waals surface area (Å²) >= 11 is 0. The lowest BCUT2D eigenvalue weighted by atomic mass is 10.2. The Hall–Kier alpha value is -1.96. The molecule has 0 saturated carbocycles. The standard InChI is InChI=1S/C10H16N4O4/c1-7(5-17-2)4-11-9-8(14(15)16)10(18-3)13-6-12-9/h6-7H,4-5H2,1-3H3,(H,11,12,13). The van der Waals surface area contributed by atoms with Crippen LogP contribution in [0.15, 0.2) is 6.33 Å². The van der Waals surface area contributed by atoms with Crippen molar-refractivity contribution in [2.24, 2.45) is 5.92 Å². The Bertz CT molecular complexity index is 413. The van der Waals surface area contributed by atoms with Crippen LogP contribution in [0.5, 0.6) is 5.88 Å². The van der Waals surface area contributed by atoms with Crippen molar-refractivity contribution in [3.63, 3.8) is 0 Å². The largest absolute Gasteiger partial charge is 0.476 e.